The van der Waals surface area contributed by atoms with E-state index in [0.29, 0.717) is 18.7 Å². The van der Waals surface area contributed by atoms with Gasteiger partial charge in [-0.15, -0.1) is 0 Å². The Labute approximate surface area is 184 Å². The van der Waals surface area contributed by atoms with Gasteiger partial charge in [-0.05, 0) is 56.9 Å². The minimum Gasteiger partial charge on any atom is -0.494 e. The number of aromatic nitrogens is 1. The summed E-state index contributed by atoms with van der Waals surface area (Å²) in [5.74, 6) is 0.784. The number of carbonyl (C=O) groups excluding carboxylic acids is 1. The molecule has 2 fully saturated rings. The van der Waals surface area contributed by atoms with Crippen LogP contribution in [0, 0.1) is 0 Å². The minimum atomic E-state index is -0.122. The molecule has 2 aliphatic rings. The van der Waals surface area contributed by atoms with Crippen molar-refractivity contribution in [2.75, 3.05) is 6.61 Å². The van der Waals surface area contributed by atoms with Crippen LogP contribution in [0.4, 0.5) is 4.79 Å². The molecular weight excluding hydrogens is 390 g/mol. The van der Waals surface area contributed by atoms with Crippen LogP contribution in [-0.2, 0) is 6.54 Å². The standard InChI is InChI=1S/C25H35N3O3/c1-2-31-22-13-14-23-18(16-22)15-19(24(29)27-23)17-28(21-11-7-4-8-12-21)25(30)26-20-9-5-3-6-10-20/h13-16,20-21H,2-12,17H2,1H3,(H,26,30)(H,27,29). The second-order valence-corrected chi connectivity index (χ2v) is 9.01. The van der Waals surface area contributed by atoms with E-state index in [1.54, 1.807) is 0 Å². The van der Waals surface area contributed by atoms with Gasteiger partial charge in [0.15, 0.2) is 0 Å². The lowest BCUT2D eigenvalue weighted by Gasteiger charge is -2.36. The number of nitrogens with zero attached hydrogens (tertiary/aromatic N) is 1. The molecule has 2 aromatic rings. The Morgan fingerprint density at radius 3 is 2.48 bits per heavy atom. The first kappa shape index (κ1) is 21.7. The largest absolute Gasteiger partial charge is 0.494 e. The normalized spacial score (nSPS) is 18.1. The van der Waals surface area contributed by atoms with Gasteiger partial charge < -0.3 is 19.9 Å². The highest BCUT2D eigenvalue weighted by molar-refractivity contribution is 5.81. The lowest BCUT2D eigenvalue weighted by Crippen LogP contribution is -2.50. The molecule has 2 amide bonds. The van der Waals surface area contributed by atoms with E-state index >= 15 is 0 Å². The number of fused-ring (bicyclic) bond motifs is 1. The summed E-state index contributed by atoms with van der Waals surface area (Å²) >= 11 is 0. The molecule has 0 radical (unpaired) electrons. The SMILES string of the molecule is CCOc1ccc2[nH]c(=O)c(CN(C(=O)NC3CCCCC3)C3CCCCC3)cc2c1. The van der Waals surface area contributed by atoms with E-state index in [4.69, 9.17) is 4.74 Å². The van der Waals surface area contributed by atoms with Gasteiger partial charge in [0, 0.05) is 28.6 Å². The van der Waals surface area contributed by atoms with Crippen molar-refractivity contribution < 1.29 is 9.53 Å². The van der Waals surface area contributed by atoms with E-state index < -0.39 is 0 Å². The van der Waals surface area contributed by atoms with Gasteiger partial charge in [-0.25, -0.2) is 4.79 Å². The fourth-order valence-corrected chi connectivity index (χ4v) is 5.05. The average Bonchev–Trinajstić information content (AvgIpc) is 2.79. The van der Waals surface area contributed by atoms with Crippen molar-refractivity contribution in [2.45, 2.75) is 89.8 Å². The zero-order chi connectivity index (χ0) is 21.6. The minimum absolute atomic E-state index is 0.0126. The van der Waals surface area contributed by atoms with Crippen molar-refractivity contribution in [3.8, 4) is 5.75 Å². The molecule has 0 saturated heterocycles. The number of ether oxygens (including phenoxy) is 1. The highest BCUT2D eigenvalue weighted by atomic mass is 16.5. The third-order valence-electron chi connectivity index (χ3n) is 6.75. The van der Waals surface area contributed by atoms with E-state index in [-0.39, 0.29) is 23.7 Å². The lowest BCUT2D eigenvalue weighted by atomic mass is 9.93. The Balaban J connectivity index is 1.58. The van der Waals surface area contributed by atoms with Crippen LogP contribution in [0.3, 0.4) is 0 Å². The second kappa shape index (κ2) is 10.2. The first-order valence-corrected chi connectivity index (χ1v) is 12.0. The molecule has 2 aliphatic carbocycles. The van der Waals surface area contributed by atoms with Crippen molar-refractivity contribution in [3.05, 3.63) is 40.2 Å². The maximum absolute atomic E-state index is 13.3. The molecule has 6 nitrogen and oxygen atoms in total. The van der Waals surface area contributed by atoms with Crippen molar-refractivity contribution in [1.29, 1.82) is 0 Å². The zero-order valence-corrected chi connectivity index (χ0v) is 18.6. The third-order valence-corrected chi connectivity index (χ3v) is 6.75. The van der Waals surface area contributed by atoms with Crippen LogP contribution in [0.25, 0.3) is 10.9 Å². The van der Waals surface area contributed by atoms with Gasteiger partial charge in [0.05, 0.1) is 13.2 Å². The monoisotopic (exact) mass is 425 g/mol. The molecule has 0 aliphatic heterocycles. The van der Waals surface area contributed by atoms with Gasteiger partial charge in [-0.2, -0.15) is 0 Å². The molecule has 31 heavy (non-hydrogen) atoms. The molecule has 0 atom stereocenters. The van der Waals surface area contributed by atoms with Crippen LogP contribution in [0.1, 0.15) is 76.7 Å². The molecule has 2 saturated carbocycles. The first-order valence-electron chi connectivity index (χ1n) is 12.0. The number of H-pyrrole nitrogens is 1. The average molecular weight is 426 g/mol. The topological polar surface area (TPSA) is 74.4 Å². The highest BCUT2D eigenvalue weighted by Crippen LogP contribution is 2.26. The van der Waals surface area contributed by atoms with Crippen LogP contribution in [0.5, 0.6) is 5.75 Å². The lowest BCUT2D eigenvalue weighted by molar-refractivity contribution is 0.145. The fourth-order valence-electron chi connectivity index (χ4n) is 5.05. The Morgan fingerprint density at radius 1 is 1.06 bits per heavy atom. The molecule has 4 rings (SSSR count). The van der Waals surface area contributed by atoms with E-state index in [1.807, 2.05) is 36.1 Å². The van der Waals surface area contributed by atoms with Crippen LogP contribution in [0.15, 0.2) is 29.1 Å². The van der Waals surface area contributed by atoms with Crippen LogP contribution in [0.2, 0.25) is 0 Å². The summed E-state index contributed by atoms with van der Waals surface area (Å²) in [5, 5.41) is 4.20. The van der Waals surface area contributed by atoms with Crippen LogP contribution >= 0.6 is 0 Å². The van der Waals surface area contributed by atoms with Crippen molar-refractivity contribution in [2.24, 2.45) is 0 Å². The maximum Gasteiger partial charge on any atom is 0.318 e. The smallest absolute Gasteiger partial charge is 0.318 e. The Hall–Kier alpha value is -2.50. The summed E-state index contributed by atoms with van der Waals surface area (Å²) in [7, 11) is 0. The molecule has 0 unspecified atom stereocenters. The molecule has 2 N–H and O–H groups in total. The Bertz CT molecular complexity index is 943. The number of urea groups is 1. The third kappa shape index (κ3) is 5.41. The molecule has 6 heteroatoms. The molecule has 1 aromatic heterocycles. The number of rotatable bonds is 6. The Kier molecular flexibility index (Phi) is 7.15. The van der Waals surface area contributed by atoms with Gasteiger partial charge >= 0.3 is 6.03 Å². The summed E-state index contributed by atoms with van der Waals surface area (Å²) in [6.45, 7) is 2.89. The predicted molar refractivity (Wildman–Crippen MR) is 124 cm³/mol. The first-order chi connectivity index (χ1) is 15.1. The molecule has 168 valence electrons. The quantitative estimate of drug-likeness (QED) is 0.676. The van der Waals surface area contributed by atoms with Crippen molar-refractivity contribution in [1.82, 2.24) is 15.2 Å². The number of benzene rings is 1. The summed E-state index contributed by atoms with van der Waals surface area (Å²) in [6, 6.07) is 8.05. The number of aromatic amines is 1. The number of amides is 2. The van der Waals surface area contributed by atoms with E-state index in [1.165, 1.54) is 25.7 Å². The Morgan fingerprint density at radius 2 is 1.77 bits per heavy atom. The highest BCUT2D eigenvalue weighted by Gasteiger charge is 2.28. The van der Waals surface area contributed by atoms with E-state index in [2.05, 4.69) is 10.3 Å². The van der Waals surface area contributed by atoms with Crippen molar-refractivity contribution in [3.63, 3.8) is 0 Å². The van der Waals surface area contributed by atoms with E-state index in [0.717, 1.165) is 55.2 Å². The number of nitrogens with one attached hydrogen (secondary N) is 2. The van der Waals surface area contributed by atoms with Crippen molar-refractivity contribution >= 4 is 16.9 Å². The molecule has 0 bridgehead atoms. The number of carbonyl (C=O) groups is 1. The van der Waals surface area contributed by atoms with Gasteiger partial charge in [0.25, 0.3) is 5.56 Å². The molecule has 1 heterocycles. The summed E-state index contributed by atoms with van der Waals surface area (Å²) in [5.41, 5.74) is 1.29. The molecular formula is C25H35N3O3. The predicted octanol–water partition coefficient (Wildman–Crippen LogP) is 5.10. The maximum atomic E-state index is 13.3. The van der Waals surface area contributed by atoms with Gasteiger partial charge in [-0.1, -0.05) is 38.5 Å². The zero-order valence-electron chi connectivity index (χ0n) is 18.6. The summed E-state index contributed by atoms with van der Waals surface area (Å²) in [6.07, 6.45) is 11.3. The van der Waals surface area contributed by atoms with E-state index in [9.17, 15) is 9.59 Å². The van der Waals surface area contributed by atoms with Crippen LogP contribution < -0.4 is 15.6 Å². The number of hydrogen-bond donors (Lipinski definition) is 2. The fraction of sp³-hybridized carbons (Fsp3) is 0.600. The molecule has 0 spiro atoms. The number of hydrogen-bond acceptors (Lipinski definition) is 3. The van der Waals surface area contributed by atoms with Crippen LogP contribution in [-0.4, -0.2) is 34.6 Å². The van der Waals surface area contributed by atoms with Gasteiger partial charge in [-0.3, -0.25) is 4.79 Å². The van der Waals surface area contributed by atoms with Gasteiger partial charge in [0.2, 0.25) is 0 Å². The number of pyridine rings is 1. The van der Waals surface area contributed by atoms with Gasteiger partial charge in [0.1, 0.15) is 5.75 Å². The summed E-state index contributed by atoms with van der Waals surface area (Å²) in [4.78, 5) is 31.1. The molecule has 1 aromatic carbocycles. The second-order valence-electron chi connectivity index (χ2n) is 9.01. The summed E-state index contributed by atoms with van der Waals surface area (Å²) < 4.78 is 5.62.